The van der Waals surface area contributed by atoms with E-state index >= 15 is 0 Å². The highest BCUT2D eigenvalue weighted by Gasteiger charge is 2.32. The van der Waals surface area contributed by atoms with E-state index in [4.69, 9.17) is 8.74 Å². The number of hydrogen-bond donors (Lipinski definition) is 2. The Kier molecular flexibility index (Phi) is 5.85. The van der Waals surface area contributed by atoms with Crippen LogP contribution in [0.5, 0.6) is 0 Å². The van der Waals surface area contributed by atoms with E-state index in [2.05, 4.69) is 5.32 Å². The van der Waals surface area contributed by atoms with Crippen molar-refractivity contribution in [2.75, 3.05) is 6.54 Å². The minimum Gasteiger partial charge on any atom is -0.284 e. The molecule has 0 aliphatic rings. The third-order valence-electron chi connectivity index (χ3n) is 3.62. The molecular formula is C16H18N2O6S. The molecule has 2 rings (SSSR count). The zero-order valence-corrected chi connectivity index (χ0v) is 14.3. The maximum Gasteiger partial charge on any atom is 0.399 e. The number of nitrogens with zero attached hydrogens (tertiary/aromatic N) is 1. The van der Waals surface area contributed by atoms with Gasteiger partial charge in [0.1, 0.15) is 0 Å². The zero-order valence-electron chi connectivity index (χ0n) is 13.5. The smallest absolute Gasteiger partial charge is 0.284 e. The zero-order chi connectivity index (χ0) is 18.5. The molecule has 2 N–H and O–H groups in total. The van der Waals surface area contributed by atoms with Crippen LogP contribution in [0, 0.1) is 10.1 Å². The summed E-state index contributed by atoms with van der Waals surface area (Å²) in [5.74, 6) is 0. The first-order chi connectivity index (χ1) is 11.7. The van der Waals surface area contributed by atoms with E-state index in [-0.39, 0.29) is 5.69 Å². The van der Waals surface area contributed by atoms with Crippen LogP contribution in [0.15, 0.2) is 54.6 Å². The highest BCUT2D eigenvalue weighted by Crippen LogP contribution is 2.24. The highest BCUT2D eigenvalue weighted by molar-refractivity contribution is 7.80. The van der Waals surface area contributed by atoms with Gasteiger partial charge in [0.25, 0.3) is 5.69 Å². The molecule has 0 amide bonds. The first-order valence-corrected chi connectivity index (χ1v) is 8.78. The molecule has 0 fully saturated rings. The molecule has 0 aliphatic heterocycles. The second-order valence-corrected chi connectivity index (χ2v) is 6.53. The van der Waals surface area contributed by atoms with Crippen molar-refractivity contribution in [2.45, 2.75) is 19.1 Å². The molecule has 0 saturated carbocycles. The van der Waals surface area contributed by atoms with Gasteiger partial charge in [-0.05, 0) is 24.5 Å². The number of nitro benzene ring substituents is 1. The first-order valence-electron chi connectivity index (χ1n) is 7.41. The summed E-state index contributed by atoms with van der Waals surface area (Å²) in [4.78, 5) is 10.2. The Morgan fingerprint density at radius 2 is 1.76 bits per heavy atom. The average Bonchev–Trinajstić information content (AvgIpc) is 2.54. The minimum absolute atomic E-state index is 0.000500. The van der Waals surface area contributed by atoms with Gasteiger partial charge in [0.15, 0.2) is 5.72 Å². The number of benzene rings is 2. The van der Waals surface area contributed by atoms with Gasteiger partial charge in [0, 0.05) is 18.7 Å². The summed E-state index contributed by atoms with van der Waals surface area (Å²) in [6, 6.07) is 14.6. The maximum absolute atomic E-state index is 11.2. The van der Waals surface area contributed by atoms with E-state index < -0.39 is 21.0 Å². The van der Waals surface area contributed by atoms with E-state index in [1.807, 2.05) is 0 Å². The second kappa shape index (κ2) is 7.70. The second-order valence-electron chi connectivity index (χ2n) is 5.51. The largest absolute Gasteiger partial charge is 0.399 e. The fourth-order valence-corrected chi connectivity index (χ4v) is 2.95. The van der Waals surface area contributed by atoms with Crippen molar-refractivity contribution >= 4 is 16.1 Å². The fourth-order valence-electron chi connectivity index (χ4n) is 2.38. The summed E-state index contributed by atoms with van der Waals surface area (Å²) in [6.07, 6.45) is 0.481. The lowest BCUT2D eigenvalue weighted by Gasteiger charge is -2.29. The van der Waals surface area contributed by atoms with Crippen LogP contribution in [-0.2, 0) is 26.7 Å². The van der Waals surface area contributed by atoms with Gasteiger partial charge in [-0.2, -0.15) is 8.42 Å². The van der Waals surface area contributed by atoms with Crippen LogP contribution in [0.4, 0.5) is 5.69 Å². The summed E-state index contributed by atoms with van der Waals surface area (Å²) in [5.41, 5.74) is -0.0902. The van der Waals surface area contributed by atoms with Gasteiger partial charge in [-0.25, -0.2) is 4.18 Å². The van der Waals surface area contributed by atoms with Crippen molar-refractivity contribution in [3.8, 4) is 0 Å². The minimum atomic E-state index is -4.68. The molecule has 0 aromatic heterocycles. The lowest BCUT2D eigenvalue weighted by Crippen LogP contribution is -2.44. The normalized spacial score (nSPS) is 14.0. The van der Waals surface area contributed by atoms with Crippen LogP contribution in [0.1, 0.15) is 18.1 Å². The van der Waals surface area contributed by atoms with Crippen molar-refractivity contribution in [3.05, 3.63) is 75.8 Å². The number of nitro groups is 1. The molecule has 0 heterocycles. The Hall–Kier alpha value is -2.33. The van der Waals surface area contributed by atoms with Crippen LogP contribution in [0.3, 0.4) is 0 Å². The van der Waals surface area contributed by atoms with E-state index in [1.54, 1.807) is 42.5 Å². The monoisotopic (exact) mass is 366 g/mol. The van der Waals surface area contributed by atoms with E-state index in [0.717, 1.165) is 5.56 Å². The van der Waals surface area contributed by atoms with E-state index in [0.29, 0.717) is 18.5 Å². The molecule has 0 saturated heterocycles. The molecule has 2 aromatic carbocycles. The Bertz CT molecular complexity index is 823. The molecule has 1 atom stereocenters. The molecule has 0 spiro atoms. The quantitative estimate of drug-likeness (QED) is 0.319. The molecule has 0 aliphatic carbocycles. The summed E-state index contributed by atoms with van der Waals surface area (Å²) in [7, 11) is -4.68. The van der Waals surface area contributed by atoms with Crippen LogP contribution >= 0.6 is 0 Å². The molecule has 8 nitrogen and oxygen atoms in total. The van der Waals surface area contributed by atoms with Gasteiger partial charge in [-0.3, -0.25) is 20.0 Å². The highest BCUT2D eigenvalue weighted by atomic mass is 32.3. The summed E-state index contributed by atoms with van der Waals surface area (Å²) < 4.78 is 36.3. The molecule has 0 radical (unpaired) electrons. The van der Waals surface area contributed by atoms with Gasteiger partial charge in [0.05, 0.1) is 4.92 Å². The predicted octanol–water partition coefficient (Wildman–Crippen LogP) is 2.42. The predicted molar refractivity (Wildman–Crippen MR) is 91.2 cm³/mol. The molecular weight excluding hydrogens is 348 g/mol. The average molecular weight is 366 g/mol. The lowest BCUT2D eigenvalue weighted by molar-refractivity contribution is -0.384. The van der Waals surface area contributed by atoms with Gasteiger partial charge in [0.2, 0.25) is 0 Å². The number of nitrogens with one attached hydrogen (secondary N) is 1. The number of rotatable bonds is 8. The summed E-state index contributed by atoms with van der Waals surface area (Å²) >= 11 is 0. The third-order valence-corrected chi connectivity index (χ3v) is 4.16. The van der Waals surface area contributed by atoms with Crippen molar-refractivity contribution in [2.24, 2.45) is 0 Å². The molecule has 0 unspecified atom stereocenters. The van der Waals surface area contributed by atoms with Crippen LogP contribution in [-0.4, -0.2) is 24.4 Å². The Morgan fingerprint density at radius 1 is 1.16 bits per heavy atom. The number of hydrogen-bond acceptors (Lipinski definition) is 6. The summed E-state index contributed by atoms with van der Waals surface area (Å²) in [5, 5.41) is 13.6. The Balaban J connectivity index is 2.08. The van der Waals surface area contributed by atoms with Crippen LogP contribution < -0.4 is 5.32 Å². The lowest BCUT2D eigenvalue weighted by atomic mass is 10.0. The maximum atomic E-state index is 11.2. The fraction of sp³-hybridized carbons (Fsp3) is 0.250. The van der Waals surface area contributed by atoms with Gasteiger partial charge >= 0.3 is 10.4 Å². The van der Waals surface area contributed by atoms with Crippen molar-refractivity contribution in [1.82, 2.24) is 5.32 Å². The van der Waals surface area contributed by atoms with Crippen molar-refractivity contribution in [1.29, 1.82) is 0 Å². The topological polar surface area (TPSA) is 119 Å². The third kappa shape index (κ3) is 5.61. The molecule has 9 heteroatoms. The van der Waals surface area contributed by atoms with Gasteiger partial charge < -0.3 is 0 Å². The first kappa shape index (κ1) is 19.0. The molecule has 134 valence electrons. The van der Waals surface area contributed by atoms with E-state index in [9.17, 15) is 18.5 Å². The van der Waals surface area contributed by atoms with Gasteiger partial charge in [-0.15, -0.1) is 0 Å². The molecule has 0 bridgehead atoms. The summed E-state index contributed by atoms with van der Waals surface area (Å²) in [6.45, 7) is 1.81. The standard InChI is InChI=1S/C16H18N2O6S/c1-16(24-25(21,22)23,14-5-3-2-4-6-14)17-12-11-13-7-9-15(10-8-13)18(19)20/h2-10,17H,11-12H2,1H3,(H,21,22,23)/t16-/m1/s1. The number of non-ortho nitro benzene ring substituents is 1. The Labute approximate surface area is 145 Å². The van der Waals surface area contributed by atoms with Gasteiger partial charge in [-0.1, -0.05) is 42.5 Å². The van der Waals surface area contributed by atoms with E-state index in [1.165, 1.54) is 19.1 Å². The molecule has 25 heavy (non-hydrogen) atoms. The van der Waals surface area contributed by atoms with Crippen LogP contribution in [0.2, 0.25) is 0 Å². The molecule has 2 aromatic rings. The van der Waals surface area contributed by atoms with Crippen LogP contribution in [0.25, 0.3) is 0 Å². The Morgan fingerprint density at radius 3 is 2.28 bits per heavy atom. The van der Waals surface area contributed by atoms with Crippen molar-refractivity contribution in [3.63, 3.8) is 0 Å². The SMILES string of the molecule is C[C@@](NCCc1ccc([N+](=O)[O-])cc1)(OS(=O)(=O)O)c1ccccc1. The van der Waals surface area contributed by atoms with Crippen molar-refractivity contribution < 1.29 is 22.1 Å².